The lowest BCUT2D eigenvalue weighted by Gasteiger charge is -2.02. The lowest BCUT2D eigenvalue weighted by atomic mass is 10.1. The number of para-hydroxylation sites is 1. The zero-order valence-electron chi connectivity index (χ0n) is 12.2. The summed E-state index contributed by atoms with van der Waals surface area (Å²) in [5, 5.41) is 12.7. The normalized spacial score (nSPS) is 11.1. The summed E-state index contributed by atoms with van der Waals surface area (Å²) < 4.78 is 1.98. The molecule has 0 saturated carbocycles. The van der Waals surface area contributed by atoms with Gasteiger partial charge in [-0.1, -0.05) is 18.2 Å². The van der Waals surface area contributed by atoms with Crippen molar-refractivity contribution in [2.75, 3.05) is 0 Å². The second kappa shape index (κ2) is 7.34. The molecule has 0 N–H and O–H groups in total. The van der Waals surface area contributed by atoms with E-state index in [4.69, 9.17) is 0 Å². The van der Waals surface area contributed by atoms with Crippen LogP contribution in [0.15, 0.2) is 65.0 Å². The Bertz CT molecular complexity index is 870. The van der Waals surface area contributed by atoms with E-state index in [1.807, 2.05) is 47.3 Å². The Labute approximate surface area is 147 Å². The molecule has 1 heterocycles. The molecule has 3 aromatic rings. The first kappa shape index (κ1) is 17.1. The number of aromatic nitrogens is 1. The maximum absolute atomic E-state index is 10.7. The van der Waals surface area contributed by atoms with E-state index in [-0.39, 0.29) is 22.7 Å². The smallest absolute Gasteiger partial charge is 0.269 e. The Morgan fingerprint density at radius 1 is 1.09 bits per heavy atom. The standard InChI is InChI=1S/C16H13N3O2S.BrH/c1-18-15(12-7-9-14(10-8-12)19(20)21)11-22-16(18)17-13-5-3-2-4-6-13;/h2-11H,1H3;1H. The minimum absolute atomic E-state index is 0. The van der Waals surface area contributed by atoms with Crippen LogP contribution in [-0.2, 0) is 7.05 Å². The number of nitrogens with zero attached hydrogens (tertiary/aromatic N) is 3. The largest absolute Gasteiger partial charge is 0.320 e. The van der Waals surface area contributed by atoms with Gasteiger partial charge in [-0.15, -0.1) is 28.3 Å². The molecule has 0 radical (unpaired) electrons. The fraction of sp³-hybridized carbons (Fsp3) is 0.0625. The van der Waals surface area contributed by atoms with Gasteiger partial charge in [0.05, 0.1) is 16.3 Å². The highest BCUT2D eigenvalue weighted by molar-refractivity contribution is 8.93. The summed E-state index contributed by atoms with van der Waals surface area (Å²) in [7, 11) is 1.94. The molecule has 0 saturated heterocycles. The molecular formula is C16H14BrN3O2S. The molecule has 1 aromatic heterocycles. The lowest BCUT2D eigenvalue weighted by molar-refractivity contribution is -0.384. The van der Waals surface area contributed by atoms with Crippen LogP contribution in [0.4, 0.5) is 11.4 Å². The van der Waals surface area contributed by atoms with Crippen molar-refractivity contribution in [3.8, 4) is 11.3 Å². The summed E-state index contributed by atoms with van der Waals surface area (Å²) in [6.45, 7) is 0. The van der Waals surface area contributed by atoms with Gasteiger partial charge in [0.1, 0.15) is 0 Å². The van der Waals surface area contributed by atoms with Gasteiger partial charge in [0, 0.05) is 24.6 Å². The van der Waals surface area contributed by atoms with Crippen molar-refractivity contribution >= 4 is 39.7 Å². The van der Waals surface area contributed by atoms with E-state index >= 15 is 0 Å². The van der Waals surface area contributed by atoms with E-state index in [2.05, 4.69) is 4.99 Å². The predicted octanol–water partition coefficient (Wildman–Crippen LogP) is 4.47. The quantitative estimate of drug-likeness (QED) is 0.488. The van der Waals surface area contributed by atoms with E-state index in [9.17, 15) is 10.1 Å². The third kappa shape index (κ3) is 3.75. The summed E-state index contributed by atoms with van der Waals surface area (Å²) in [5.74, 6) is 0. The molecule has 0 aliphatic carbocycles. The number of non-ortho nitro benzene ring substituents is 1. The molecule has 7 heteroatoms. The van der Waals surface area contributed by atoms with Gasteiger partial charge in [0.2, 0.25) is 0 Å². The van der Waals surface area contributed by atoms with Crippen LogP contribution >= 0.6 is 28.3 Å². The van der Waals surface area contributed by atoms with Crippen molar-refractivity contribution in [3.05, 3.63) is 74.9 Å². The molecule has 2 aromatic carbocycles. The third-order valence-electron chi connectivity index (χ3n) is 3.28. The monoisotopic (exact) mass is 391 g/mol. The van der Waals surface area contributed by atoms with Crippen LogP contribution < -0.4 is 4.80 Å². The van der Waals surface area contributed by atoms with Gasteiger partial charge in [-0.25, -0.2) is 4.99 Å². The predicted molar refractivity (Wildman–Crippen MR) is 97.4 cm³/mol. The molecule has 0 fully saturated rings. The second-order valence-corrected chi connectivity index (χ2v) is 5.55. The van der Waals surface area contributed by atoms with E-state index in [0.29, 0.717) is 0 Å². The van der Waals surface area contributed by atoms with Crippen LogP contribution in [0.1, 0.15) is 0 Å². The zero-order chi connectivity index (χ0) is 15.5. The van der Waals surface area contributed by atoms with Crippen LogP contribution in [-0.4, -0.2) is 9.49 Å². The molecule has 3 rings (SSSR count). The van der Waals surface area contributed by atoms with Crippen molar-refractivity contribution < 1.29 is 4.92 Å². The fourth-order valence-electron chi connectivity index (χ4n) is 2.10. The van der Waals surface area contributed by atoms with Crippen LogP contribution in [0.3, 0.4) is 0 Å². The highest BCUT2D eigenvalue weighted by atomic mass is 79.9. The fourth-order valence-corrected chi connectivity index (χ4v) is 3.03. The van der Waals surface area contributed by atoms with Crippen LogP contribution in [0.5, 0.6) is 0 Å². The first-order valence-electron chi connectivity index (χ1n) is 6.64. The van der Waals surface area contributed by atoms with Crippen molar-refractivity contribution in [2.45, 2.75) is 0 Å². The summed E-state index contributed by atoms with van der Waals surface area (Å²) >= 11 is 1.54. The average Bonchev–Trinajstić information content (AvgIpc) is 2.89. The Morgan fingerprint density at radius 2 is 1.74 bits per heavy atom. The van der Waals surface area contributed by atoms with Gasteiger partial charge in [0.15, 0.2) is 4.80 Å². The molecule has 0 atom stereocenters. The van der Waals surface area contributed by atoms with Crippen LogP contribution in [0, 0.1) is 10.1 Å². The van der Waals surface area contributed by atoms with Gasteiger partial charge < -0.3 is 4.57 Å². The number of benzene rings is 2. The minimum atomic E-state index is -0.395. The summed E-state index contributed by atoms with van der Waals surface area (Å²) in [5.41, 5.74) is 2.90. The zero-order valence-corrected chi connectivity index (χ0v) is 14.8. The molecule has 0 bridgehead atoms. The highest BCUT2D eigenvalue weighted by Gasteiger charge is 2.08. The van der Waals surface area contributed by atoms with E-state index in [1.54, 1.807) is 12.1 Å². The van der Waals surface area contributed by atoms with Gasteiger partial charge >= 0.3 is 0 Å². The minimum Gasteiger partial charge on any atom is -0.320 e. The van der Waals surface area contributed by atoms with Crippen molar-refractivity contribution in [1.29, 1.82) is 0 Å². The summed E-state index contributed by atoms with van der Waals surface area (Å²) in [6.07, 6.45) is 0. The molecule has 0 aliphatic heterocycles. The molecule has 23 heavy (non-hydrogen) atoms. The van der Waals surface area contributed by atoms with Crippen LogP contribution in [0.2, 0.25) is 0 Å². The number of nitro groups is 1. The SMILES string of the molecule is Br.Cn1c(-c2ccc([N+](=O)[O-])cc2)csc1=Nc1ccccc1. The number of nitro benzene ring substituents is 1. The van der Waals surface area contributed by atoms with Gasteiger partial charge in [0.25, 0.3) is 5.69 Å². The summed E-state index contributed by atoms with van der Waals surface area (Å²) in [4.78, 5) is 15.8. The first-order chi connectivity index (χ1) is 10.6. The molecule has 0 amide bonds. The van der Waals surface area contributed by atoms with Crippen LogP contribution in [0.25, 0.3) is 11.3 Å². The van der Waals surface area contributed by atoms with Gasteiger partial charge in [-0.2, -0.15) is 0 Å². The maximum Gasteiger partial charge on any atom is 0.269 e. The van der Waals surface area contributed by atoms with Crippen molar-refractivity contribution in [3.63, 3.8) is 0 Å². The molecule has 118 valence electrons. The van der Waals surface area contributed by atoms with E-state index < -0.39 is 4.92 Å². The molecule has 0 aliphatic rings. The second-order valence-electron chi connectivity index (χ2n) is 4.71. The Balaban J connectivity index is 0.00000192. The number of hydrogen-bond donors (Lipinski definition) is 0. The molecule has 5 nitrogen and oxygen atoms in total. The first-order valence-corrected chi connectivity index (χ1v) is 7.52. The lowest BCUT2D eigenvalue weighted by Crippen LogP contribution is -2.10. The van der Waals surface area contributed by atoms with E-state index in [0.717, 1.165) is 21.7 Å². The highest BCUT2D eigenvalue weighted by Crippen LogP contribution is 2.22. The third-order valence-corrected chi connectivity index (χ3v) is 4.20. The Kier molecular flexibility index (Phi) is 5.46. The number of thiazole rings is 1. The molecule has 0 spiro atoms. The maximum atomic E-state index is 10.7. The average molecular weight is 392 g/mol. The summed E-state index contributed by atoms with van der Waals surface area (Å²) in [6, 6.07) is 16.3. The van der Waals surface area contributed by atoms with Gasteiger partial charge in [-0.3, -0.25) is 10.1 Å². The van der Waals surface area contributed by atoms with Gasteiger partial charge in [-0.05, 0) is 29.8 Å². The molecule has 0 unspecified atom stereocenters. The topological polar surface area (TPSA) is 60.4 Å². The van der Waals surface area contributed by atoms with E-state index in [1.165, 1.54) is 23.5 Å². The molecular weight excluding hydrogens is 378 g/mol. The van der Waals surface area contributed by atoms with Crippen molar-refractivity contribution in [1.82, 2.24) is 4.57 Å². The Hall–Kier alpha value is -2.25. The van der Waals surface area contributed by atoms with Crippen molar-refractivity contribution in [2.24, 2.45) is 12.0 Å². The number of halogens is 1. The number of rotatable bonds is 3. The Morgan fingerprint density at radius 3 is 2.35 bits per heavy atom. The number of hydrogen-bond acceptors (Lipinski definition) is 4.